The van der Waals surface area contributed by atoms with Crippen LogP contribution in [0.1, 0.15) is 55.1 Å². The van der Waals surface area contributed by atoms with E-state index in [0.29, 0.717) is 0 Å². The molecule has 2 heterocycles. The number of ether oxygens (including phenoxy) is 4. The van der Waals surface area contributed by atoms with Gasteiger partial charge in [-0.15, -0.1) is 0 Å². The van der Waals surface area contributed by atoms with Gasteiger partial charge in [-0.1, -0.05) is 25.5 Å². The van der Waals surface area contributed by atoms with Crippen LogP contribution in [-0.4, -0.2) is 31.5 Å². The minimum absolute atomic E-state index is 0.0569. The molecule has 5 rings (SSSR count). The van der Waals surface area contributed by atoms with E-state index in [9.17, 15) is 0 Å². The standard InChI is InChI=1S/C28H30N2O4/c1-4-5-17-33-22-15-11-20(12-16-22)28-30-25(23-7-6-8-26(32-3)27(23)34-28)18-24(29-30)19-9-13-21(31-2)14-10-19/h6-16,25,28H,4-5,17-18H2,1-3H3/t25-,28-/m0/s1. The van der Waals surface area contributed by atoms with E-state index >= 15 is 0 Å². The molecule has 0 aromatic heterocycles. The van der Waals surface area contributed by atoms with Crippen LogP contribution in [0.2, 0.25) is 0 Å². The van der Waals surface area contributed by atoms with Gasteiger partial charge in [0.25, 0.3) is 0 Å². The molecule has 0 unspecified atom stereocenters. The van der Waals surface area contributed by atoms with Gasteiger partial charge in [0, 0.05) is 17.5 Å². The average molecular weight is 459 g/mol. The lowest BCUT2D eigenvalue weighted by molar-refractivity contribution is -0.0209. The summed E-state index contributed by atoms with van der Waals surface area (Å²) in [6.45, 7) is 2.89. The van der Waals surface area contributed by atoms with Crippen LogP contribution >= 0.6 is 0 Å². The molecule has 0 fully saturated rings. The van der Waals surface area contributed by atoms with Gasteiger partial charge in [0.1, 0.15) is 11.5 Å². The van der Waals surface area contributed by atoms with E-state index in [0.717, 1.165) is 71.3 Å². The number of nitrogens with zero attached hydrogens (tertiary/aromatic N) is 2. The first kappa shape index (κ1) is 22.1. The second-order valence-electron chi connectivity index (χ2n) is 8.50. The highest BCUT2D eigenvalue weighted by Crippen LogP contribution is 2.50. The summed E-state index contributed by atoms with van der Waals surface area (Å²) in [5.41, 5.74) is 4.21. The first-order valence-corrected chi connectivity index (χ1v) is 11.8. The molecule has 0 amide bonds. The van der Waals surface area contributed by atoms with Gasteiger partial charge >= 0.3 is 0 Å². The van der Waals surface area contributed by atoms with Crippen LogP contribution in [0.25, 0.3) is 0 Å². The molecule has 0 N–H and O–H groups in total. The number of benzene rings is 3. The van der Waals surface area contributed by atoms with Gasteiger partial charge in [0.15, 0.2) is 11.5 Å². The molecule has 6 heteroatoms. The Labute approximate surface area is 200 Å². The molecule has 2 aliphatic rings. The monoisotopic (exact) mass is 458 g/mol. The van der Waals surface area contributed by atoms with Crippen molar-refractivity contribution in [1.82, 2.24) is 5.01 Å². The SMILES string of the molecule is CCCCOc1ccc([C@@H]2Oc3c(OC)cccc3[C@@H]3CC(c4ccc(OC)cc4)=NN32)cc1. The number of fused-ring (bicyclic) bond motifs is 3. The lowest BCUT2D eigenvalue weighted by Crippen LogP contribution is -2.33. The van der Waals surface area contributed by atoms with E-state index in [1.54, 1.807) is 14.2 Å². The number of hydrogen-bond donors (Lipinski definition) is 0. The Morgan fingerprint density at radius 3 is 2.41 bits per heavy atom. The topological polar surface area (TPSA) is 52.5 Å². The molecule has 0 spiro atoms. The summed E-state index contributed by atoms with van der Waals surface area (Å²) in [6.07, 6.45) is 2.57. The maximum Gasteiger partial charge on any atom is 0.214 e. The molecule has 3 aromatic carbocycles. The molecule has 34 heavy (non-hydrogen) atoms. The van der Waals surface area contributed by atoms with Gasteiger partial charge in [-0.25, -0.2) is 5.01 Å². The predicted octanol–water partition coefficient (Wildman–Crippen LogP) is 6.13. The summed E-state index contributed by atoms with van der Waals surface area (Å²) in [4.78, 5) is 0. The highest BCUT2D eigenvalue weighted by Gasteiger charge is 2.42. The largest absolute Gasteiger partial charge is 0.497 e. The molecule has 0 radical (unpaired) electrons. The summed E-state index contributed by atoms with van der Waals surface area (Å²) in [5.74, 6) is 3.22. The number of hydrazone groups is 1. The summed E-state index contributed by atoms with van der Waals surface area (Å²) in [7, 11) is 3.35. The molecule has 0 bridgehead atoms. The highest BCUT2D eigenvalue weighted by atomic mass is 16.5. The van der Waals surface area contributed by atoms with Crippen LogP contribution < -0.4 is 18.9 Å². The lowest BCUT2D eigenvalue weighted by atomic mass is 9.95. The van der Waals surface area contributed by atoms with Crippen molar-refractivity contribution in [3.05, 3.63) is 83.4 Å². The fraction of sp³-hybridized carbons (Fsp3) is 0.321. The molecule has 2 aliphatic heterocycles. The third-order valence-electron chi connectivity index (χ3n) is 6.36. The van der Waals surface area contributed by atoms with E-state index < -0.39 is 0 Å². The van der Waals surface area contributed by atoms with Crippen LogP contribution in [0, 0.1) is 0 Å². The van der Waals surface area contributed by atoms with E-state index in [1.807, 2.05) is 36.4 Å². The van der Waals surface area contributed by atoms with E-state index in [1.165, 1.54) is 0 Å². The quantitative estimate of drug-likeness (QED) is 0.380. The van der Waals surface area contributed by atoms with Crippen molar-refractivity contribution < 1.29 is 18.9 Å². The summed E-state index contributed by atoms with van der Waals surface area (Å²) in [5, 5.41) is 7.12. The van der Waals surface area contributed by atoms with Crippen molar-refractivity contribution >= 4 is 5.71 Å². The van der Waals surface area contributed by atoms with E-state index in [2.05, 4.69) is 42.3 Å². The fourth-order valence-corrected chi connectivity index (χ4v) is 4.49. The number of hydrogen-bond acceptors (Lipinski definition) is 6. The Kier molecular flexibility index (Phi) is 6.30. The maximum absolute atomic E-state index is 6.55. The zero-order chi connectivity index (χ0) is 23.5. The van der Waals surface area contributed by atoms with Crippen LogP contribution in [-0.2, 0) is 0 Å². The summed E-state index contributed by atoms with van der Waals surface area (Å²) >= 11 is 0. The lowest BCUT2D eigenvalue weighted by Gasteiger charge is -2.38. The summed E-state index contributed by atoms with van der Waals surface area (Å²) < 4.78 is 23.4. The first-order valence-electron chi connectivity index (χ1n) is 11.8. The Bertz CT molecular complexity index is 1160. The molecular formula is C28H30N2O4. The molecule has 176 valence electrons. The smallest absolute Gasteiger partial charge is 0.214 e. The van der Waals surface area contributed by atoms with Crippen molar-refractivity contribution in [2.24, 2.45) is 5.10 Å². The molecular weight excluding hydrogens is 428 g/mol. The Morgan fingerprint density at radius 2 is 1.71 bits per heavy atom. The number of unbranched alkanes of at least 4 members (excludes halogenated alkanes) is 1. The molecule has 0 saturated carbocycles. The van der Waals surface area contributed by atoms with E-state index in [4.69, 9.17) is 24.0 Å². The third kappa shape index (κ3) is 4.16. The van der Waals surface area contributed by atoms with Gasteiger partial charge in [0.2, 0.25) is 6.23 Å². The van der Waals surface area contributed by atoms with Gasteiger partial charge in [0.05, 0.1) is 32.6 Å². The van der Waals surface area contributed by atoms with Crippen LogP contribution in [0.3, 0.4) is 0 Å². The molecule has 3 aromatic rings. The fourth-order valence-electron chi connectivity index (χ4n) is 4.49. The third-order valence-corrected chi connectivity index (χ3v) is 6.36. The number of methoxy groups -OCH3 is 2. The maximum atomic E-state index is 6.55. The Hall–Kier alpha value is -3.67. The van der Waals surface area contributed by atoms with Gasteiger partial charge < -0.3 is 18.9 Å². The number of rotatable bonds is 8. The molecule has 6 nitrogen and oxygen atoms in total. The van der Waals surface area contributed by atoms with Crippen LogP contribution in [0.4, 0.5) is 0 Å². The molecule has 0 aliphatic carbocycles. The Morgan fingerprint density at radius 1 is 0.941 bits per heavy atom. The van der Waals surface area contributed by atoms with Crippen molar-refractivity contribution in [1.29, 1.82) is 0 Å². The first-order chi connectivity index (χ1) is 16.7. The van der Waals surface area contributed by atoms with Crippen molar-refractivity contribution in [3.63, 3.8) is 0 Å². The Balaban J connectivity index is 1.49. The van der Waals surface area contributed by atoms with Crippen molar-refractivity contribution in [3.8, 4) is 23.0 Å². The van der Waals surface area contributed by atoms with Gasteiger partial charge in [-0.3, -0.25) is 0 Å². The number of para-hydroxylation sites is 1. The minimum atomic E-state index is -0.366. The minimum Gasteiger partial charge on any atom is -0.497 e. The molecule has 2 atom stereocenters. The summed E-state index contributed by atoms with van der Waals surface area (Å²) in [6, 6.07) is 22.3. The normalized spacial score (nSPS) is 18.4. The second-order valence-corrected chi connectivity index (χ2v) is 8.50. The van der Waals surface area contributed by atoms with Gasteiger partial charge in [-0.05, 0) is 66.6 Å². The zero-order valence-electron chi connectivity index (χ0n) is 19.9. The average Bonchev–Trinajstić information content (AvgIpc) is 3.34. The van der Waals surface area contributed by atoms with Crippen molar-refractivity contribution in [2.45, 2.75) is 38.5 Å². The van der Waals surface area contributed by atoms with Crippen LogP contribution in [0.5, 0.6) is 23.0 Å². The molecule has 0 saturated heterocycles. The van der Waals surface area contributed by atoms with Gasteiger partial charge in [-0.2, -0.15) is 5.10 Å². The van der Waals surface area contributed by atoms with E-state index in [-0.39, 0.29) is 12.3 Å². The second kappa shape index (κ2) is 9.67. The van der Waals surface area contributed by atoms with Crippen molar-refractivity contribution in [2.75, 3.05) is 20.8 Å². The van der Waals surface area contributed by atoms with Crippen LogP contribution in [0.15, 0.2) is 71.8 Å². The zero-order valence-corrected chi connectivity index (χ0v) is 19.9. The highest BCUT2D eigenvalue weighted by molar-refractivity contribution is 6.02. The predicted molar refractivity (Wildman–Crippen MR) is 132 cm³/mol.